The molecule has 1 saturated heterocycles. The van der Waals surface area contributed by atoms with Crippen LogP contribution in [0.2, 0.25) is 0 Å². The number of halogens is 1. The summed E-state index contributed by atoms with van der Waals surface area (Å²) in [4.78, 5) is 0. The summed E-state index contributed by atoms with van der Waals surface area (Å²) in [6.45, 7) is 7.43. The largest absolute Gasteiger partial charge is 0.375 e. The fourth-order valence-electron chi connectivity index (χ4n) is 2.60. The molecule has 1 fully saturated rings. The first-order valence-electron chi connectivity index (χ1n) is 6.62. The van der Waals surface area contributed by atoms with E-state index in [4.69, 9.17) is 4.74 Å². The van der Waals surface area contributed by atoms with Crippen molar-refractivity contribution in [1.29, 1.82) is 0 Å². The topological polar surface area (TPSA) is 21.3 Å². The molecule has 1 aliphatic rings. The van der Waals surface area contributed by atoms with Crippen LogP contribution < -0.4 is 5.32 Å². The molecule has 18 heavy (non-hydrogen) atoms. The molecule has 1 aromatic carbocycles. The molecular weight excluding hydrogens is 290 g/mol. The van der Waals surface area contributed by atoms with Crippen molar-refractivity contribution in [3.8, 4) is 0 Å². The predicted octanol–water partition coefficient (Wildman–Crippen LogP) is 4.06. The highest BCUT2D eigenvalue weighted by atomic mass is 79.9. The molecule has 3 heteroatoms. The molecule has 1 heterocycles. The Bertz CT molecular complexity index is 405. The lowest BCUT2D eigenvalue weighted by Gasteiger charge is -2.37. The highest BCUT2D eigenvalue weighted by Crippen LogP contribution is 2.26. The Kier molecular flexibility index (Phi) is 4.46. The van der Waals surface area contributed by atoms with E-state index in [-0.39, 0.29) is 5.60 Å². The monoisotopic (exact) mass is 311 g/mol. The van der Waals surface area contributed by atoms with E-state index in [2.05, 4.69) is 66.3 Å². The van der Waals surface area contributed by atoms with Gasteiger partial charge in [0.2, 0.25) is 0 Å². The Labute approximate surface area is 118 Å². The highest BCUT2D eigenvalue weighted by Gasteiger charge is 2.29. The van der Waals surface area contributed by atoms with E-state index < -0.39 is 0 Å². The molecular formula is C15H22BrNO. The van der Waals surface area contributed by atoms with Crippen molar-refractivity contribution in [2.75, 3.05) is 6.61 Å². The number of rotatable bonds is 3. The minimum atomic E-state index is 0.00685. The normalized spacial score (nSPS) is 24.8. The average Bonchev–Trinajstić information content (AvgIpc) is 2.27. The predicted molar refractivity (Wildman–Crippen MR) is 78.7 cm³/mol. The summed E-state index contributed by atoms with van der Waals surface area (Å²) in [5, 5.41) is 3.72. The molecule has 1 aliphatic heterocycles. The van der Waals surface area contributed by atoms with Crippen LogP contribution >= 0.6 is 15.9 Å². The summed E-state index contributed by atoms with van der Waals surface area (Å²) in [6, 6.07) is 9.43. The maximum atomic E-state index is 5.75. The molecule has 0 bridgehead atoms. The molecule has 0 aliphatic carbocycles. The molecule has 0 aromatic heterocycles. The summed E-state index contributed by atoms with van der Waals surface area (Å²) < 4.78 is 6.89. The number of benzene rings is 1. The van der Waals surface area contributed by atoms with Gasteiger partial charge in [-0.3, -0.25) is 0 Å². The minimum Gasteiger partial charge on any atom is -0.375 e. The van der Waals surface area contributed by atoms with Gasteiger partial charge in [0.15, 0.2) is 0 Å². The molecule has 0 saturated carbocycles. The van der Waals surface area contributed by atoms with Crippen LogP contribution in [0.3, 0.4) is 0 Å². The van der Waals surface area contributed by atoms with Crippen molar-refractivity contribution in [3.05, 3.63) is 34.3 Å². The number of hydrogen-bond donors (Lipinski definition) is 1. The lowest BCUT2D eigenvalue weighted by Crippen LogP contribution is -2.44. The minimum absolute atomic E-state index is 0.00685. The van der Waals surface area contributed by atoms with Crippen LogP contribution in [0.4, 0.5) is 0 Å². The van der Waals surface area contributed by atoms with Crippen molar-refractivity contribution in [3.63, 3.8) is 0 Å². The zero-order valence-corrected chi connectivity index (χ0v) is 13.0. The molecule has 2 atom stereocenters. The van der Waals surface area contributed by atoms with E-state index >= 15 is 0 Å². The maximum Gasteiger partial charge on any atom is 0.0641 e. The van der Waals surface area contributed by atoms with Gasteiger partial charge in [0, 0.05) is 23.2 Å². The Balaban J connectivity index is 1.97. The molecule has 1 aromatic rings. The van der Waals surface area contributed by atoms with Crippen molar-refractivity contribution < 1.29 is 4.74 Å². The third kappa shape index (κ3) is 3.81. The Morgan fingerprint density at radius 2 is 2.22 bits per heavy atom. The van der Waals surface area contributed by atoms with Crippen LogP contribution in [0.25, 0.3) is 0 Å². The van der Waals surface area contributed by atoms with E-state index in [1.165, 1.54) is 5.56 Å². The van der Waals surface area contributed by atoms with Crippen LogP contribution in [0.15, 0.2) is 28.7 Å². The zero-order chi connectivity index (χ0) is 13.2. The summed E-state index contributed by atoms with van der Waals surface area (Å²) >= 11 is 3.53. The van der Waals surface area contributed by atoms with Crippen molar-refractivity contribution in [2.45, 2.75) is 51.3 Å². The van der Waals surface area contributed by atoms with E-state index in [1.54, 1.807) is 0 Å². The number of hydrogen-bond acceptors (Lipinski definition) is 2. The fourth-order valence-corrected chi connectivity index (χ4v) is 3.02. The lowest BCUT2D eigenvalue weighted by atomic mass is 9.93. The van der Waals surface area contributed by atoms with Crippen LogP contribution in [0, 0.1) is 0 Å². The molecule has 2 unspecified atom stereocenters. The maximum absolute atomic E-state index is 5.75. The Morgan fingerprint density at radius 1 is 1.44 bits per heavy atom. The van der Waals surface area contributed by atoms with Gasteiger partial charge >= 0.3 is 0 Å². The van der Waals surface area contributed by atoms with Crippen LogP contribution in [-0.4, -0.2) is 18.2 Å². The summed E-state index contributed by atoms with van der Waals surface area (Å²) in [5.74, 6) is 0. The SMILES string of the molecule is CC(NC1CCOC(C)(C)C1)c1cccc(Br)c1. The first kappa shape index (κ1) is 14.0. The van der Waals surface area contributed by atoms with Gasteiger partial charge in [0.1, 0.15) is 0 Å². The van der Waals surface area contributed by atoms with E-state index in [1.807, 2.05) is 0 Å². The van der Waals surface area contributed by atoms with Gasteiger partial charge in [-0.1, -0.05) is 28.1 Å². The average molecular weight is 312 g/mol. The zero-order valence-electron chi connectivity index (χ0n) is 11.4. The van der Waals surface area contributed by atoms with Crippen LogP contribution in [0.1, 0.15) is 45.2 Å². The summed E-state index contributed by atoms with van der Waals surface area (Å²) in [6.07, 6.45) is 2.17. The van der Waals surface area contributed by atoms with Crippen LogP contribution in [-0.2, 0) is 4.74 Å². The summed E-state index contributed by atoms with van der Waals surface area (Å²) in [5.41, 5.74) is 1.33. The molecule has 0 radical (unpaired) electrons. The molecule has 2 rings (SSSR count). The van der Waals surface area contributed by atoms with Gasteiger partial charge in [-0.25, -0.2) is 0 Å². The molecule has 100 valence electrons. The summed E-state index contributed by atoms with van der Waals surface area (Å²) in [7, 11) is 0. The van der Waals surface area contributed by atoms with E-state index in [0.29, 0.717) is 12.1 Å². The van der Waals surface area contributed by atoms with Crippen molar-refractivity contribution >= 4 is 15.9 Å². The van der Waals surface area contributed by atoms with E-state index in [9.17, 15) is 0 Å². The van der Waals surface area contributed by atoms with Gasteiger partial charge < -0.3 is 10.1 Å². The van der Waals surface area contributed by atoms with Gasteiger partial charge in [-0.2, -0.15) is 0 Å². The Morgan fingerprint density at radius 3 is 2.89 bits per heavy atom. The number of nitrogens with one attached hydrogen (secondary N) is 1. The third-order valence-corrected chi connectivity index (χ3v) is 4.02. The van der Waals surface area contributed by atoms with Crippen LogP contribution in [0.5, 0.6) is 0 Å². The first-order chi connectivity index (χ1) is 8.46. The second-order valence-corrected chi connectivity index (χ2v) is 6.66. The van der Waals surface area contributed by atoms with Gasteiger partial charge in [-0.15, -0.1) is 0 Å². The fraction of sp³-hybridized carbons (Fsp3) is 0.600. The van der Waals surface area contributed by atoms with Crippen molar-refractivity contribution in [2.24, 2.45) is 0 Å². The van der Waals surface area contributed by atoms with Gasteiger partial charge in [0.05, 0.1) is 5.60 Å². The second kappa shape index (κ2) is 5.72. The standard InChI is InChI=1S/C15H22BrNO/c1-11(12-5-4-6-13(16)9-12)17-14-7-8-18-15(2,3)10-14/h4-6,9,11,14,17H,7-8,10H2,1-3H3. The quantitative estimate of drug-likeness (QED) is 0.909. The lowest BCUT2D eigenvalue weighted by molar-refractivity contribution is -0.0639. The number of ether oxygens (including phenoxy) is 1. The second-order valence-electron chi connectivity index (χ2n) is 5.74. The van der Waals surface area contributed by atoms with Crippen molar-refractivity contribution in [1.82, 2.24) is 5.32 Å². The molecule has 0 spiro atoms. The highest BCUT2D eigenvalue weighted by molar-refractivity contribution is 9.10. The molecule has 1 N–H and O–H groups in total. The first-order valence-corrected chi connectivity index (χ1v) is 7.41. The smallest absolute Gasteiger partial charge is 0.0641 e. The van der Waals surface area contributed by atoms with E-state index in [0.717, 1.165) is 23.9 Å². The third-order valence-electron chi connectivity index (χ3n) is 3.53. The Hall–Kier alpha value is -0.380. The van der Waals surface area contributed by atoms with Gasteiger partial charge in [-0.05, 0) is 51.3 Å². The van der Waals surface area contributed by atoms with Gasteiger partial charge in [0.25, 0.3) is 0 Å². The molecule has 0 amide bonds. The molecule has 2 nitrogen and oxygen atoms in total.